The zero-order chi connectivity index (χ0) is 13.9. The van der Waals surface area contributed by atoms with Crippen molar-refractivity contribution in [2.45, 2.75) is 45.2 Å². The molecule has 2 aromatic rings. The van der Waals surface area contributed by atoms with Gasteiger partial charge >= 0.3 is 0 Å². The van der Waals surface area contributed by atoms with Gasteiger partial charge in [-0.2, -0.15) is 0 Å². The number of aryl methyl sites for hydroxylation is 1. The van der Waals surface area contributed by atoms with Gasteiger partial charge in [0.05, 0.1) is 5.69 Å². The van der Waals surface area contributed by atoms with E-state index in [4.69, 9.17) is 0 Å². The third kappa shape index (κ3) is 2.90. The molecule has 0 atom stereocenters. The maximum Gasteiger partial charge on any atom is 0.123 e. The van der Waals surface area contributed by atoms with E-state index in [0.29, 0.717) is 12.6 Å². The zero-order valence-electron chi connectivity index (χ0n) is 11.8. The number of aromatic nitrogens is 2. The lowest BCUT2D eigenvalue weighted by atomic mass is 10.1. The van der Waals surface area contributed by atoms with Gasteiger partial charge < -0.3 is 9.88 Å². The van der Waals surface area contributed by atoms with Crippen molar-refractivity contribution >= 4 is 0 Å². The minimum Gasteiger partial charge on any atom is -0.310 e. The Hall–Kier alpha value is -1.68. The Morgan fingerprint density at radius 3 is 3.00 bits per heavy atom. The Morgan fingerprint density at radius 2 is 2.25 bits per heavy atom. The van der Waals surface area contributed by atoms with Gasteiger partial charge in [0, 0.05) is 31.4 Å². The first-order valence-corrected chi connectivity index (χ1v) is 7.32. The lowest BCUT2D eigenvalue weighted by Crippen LogP contribution is -2.17. The molecule has 3 nitrogen and oxygen atoms in total. The predicted octanol–water partition coefficient (Wildman–Crippen LogP) is 3.22. The summed E-state index contributed by atoms with van der Waals surface area (Å²) >= 11 is 0. The van der Waals surface area contributed by atoms with Gasteiger partial charge in [-0.3, -0.25) is 0 Å². The van der Waals surface area contributed by atoms with Crippen LogP contribution in [0.3, 0.4) is 0 Å². The lowest BCUT2D eigenvalue weighted by molar-refractivity contribution is 0.617. The Bertz CT molecular complexity index is 587. The average Bonchev–Trinajstić information content (AvgIpc) is 3.16. The number of imidazole rings is 1. The van der Waals surface area contributed by atoms with Crippen molar-refractivity contribution in [3.63, 3.8) is 0 Å². The molecule has 0 radical (unpaired) electrons. The highest BCUT2D eigenvalue weighted by Crippen LogP contribution is 2.22. The molecule has 1 fully saturated rings. The molecule has 106 valence electrons. The van der Waals surface area contributed by atoms with Gasteiger partial charge in [-0.05, 0) is 43.0 Å². The Balaban J connectivity index is 1.91. The molecule has 0 saturated heterocycles. The van der Waals surface area contributed by atoms with E-state index in [0.717, 1.165) is 29.9 Å². The van der Waals surface area contributed by atoms with E-state index < -0.39 is 0 Å². The predicted molar refractivity (Wildman–Crippen MR) is 77.4 cm³/mol. The maximum atomic E-state index is 13.5. The number of nitrogens with one attached hydrogen (secondary N) is 1. The lowest BCUT2D eigenvalue weighted by Gasteiger charge is -2.14. The monoisotopic (exact) mass is 273 g/mol. The minimum absolute atomic E-state index is 0.182. The molecule has 1 saturated carbocycles. The van der Waals surface area contributed by atoms with Crippen molar-refractivity contribution < 1.29 is 4.39 Å². The molecule has 1 N–H and O–H groups in total. The van der Waals surface area contributed by atoms with Crippen molar-refractivity contribution in [3.8, 4) is 5.69 Å². The second-order valence-electron chi connectivity index (χ2n) is 5.39. The summed E-state index contributed by atoms with van der Waals surface area (Å²) in [5.74, 6) is 0.852. The molecule has 1 aromatic heterocycles. The van der Waals surface area contributed by atoms with Crippen molar-refractivity contribution in [1.82, 2.24) is 14.9 Å². The highest BCUT2D eigenvalue weighted by molar-refractivity contribution is 5.42. The summed E-state index contributed by atoms with van der Waals surface area (Å²) < 4.78 is 15.6. The number of hydrogen-bond acceptors (Lipinski definition) is 2. The molecule has 0 unspecified atom stereocenters. The van der Waals surface area contributed by atoms with Crippen molar-refractivity contribution in [2.75, 3.05) is 0 Å². The van der Waals surface area contributed by atoms with E-state index in [9.17, 15) is 4.39 Å². The largest absolute Gasteiger partial charge is 0.310 e. The van der Waals surface area contributed by atoms with Crippen LogP contribution in [0.15, 0.2) is 30.6 Å². The fraction of sp³-hybridized carbons (Fsp3) is 0.438. The third-order valence-corrected chi connectivity index (χ3v) is 3.65. The molecule has 1 aliphatic rings. The maximum absolute atomic E-state index is 13.5. The van der Waals surface area contributed by atoms with E-state index in [2.05, 4.69) is 21.8 Å². The van der Waals surface area contributed by atoms with Gasteiger partial charge in [0.2, 0.25) is 0 Å². The van der Waals surface area contributed by atoms with Gasteiger partial charge in [0.25, 0.3) is 0 Å². The topological polar surface area (TPSA) is 29.9 Å². The van der Waals surface area contributed by atoms with Crippen LogP contribution in [0.25, 0.3) is 5.69 Å². The SMILES string of the molecule is CCCc1nccn1-c1ccc(F)cc1CNC1CC1. The zero-order valence-corrected chi connectivity index (χ0v) is 11.8. The minimum atomic E-state index is -0.182. The number of halogens is 1. The summed E-state index contributed by atoms with van der Waals surface area (Å²) in [6.45, 7) is 2.85. The summed E-state index contributed by atoms with van der Waals surface area (Å²) in [4.78, 5) is 4.40. The number of benzene rings is 1. The summed E-state index contributed by atoms with van der Waals surface area (Å²) in [7, 11) is 0. The molecular weight excluding hydrogens is 253 g/mol. The molecular formula is C16H20FN3. The molecule has 1 aliphatic carbocycles. The Morgan fingerprint density at radius 1 is 1.40 bits per heavy atom. The van der Waals surface area contributed by atoms with Crippen molar-refractivity contribution in [2.24, 2.45) is 0 Å². The van der Waals surface area contributed by atoms with Crippen LogP contribution in [0, 0.1) is 5.82 Å². The summed E-state index contributed by atoms with van der Waals surface area (Å²) in [5, 5.41) is 3.45. The Kier molecular flexibility index (Phi) is 3.83. The van der Waals surface area contributed by atoms with Crippen LogP contribution in [0.5, 0.6) is 0 Å². The van der Waals surface area contributed by atoms with Crippen LogP contribution < -0.4 is 5.32 Å². The van der Waals surface area contributed by atoms with Gasteiger partial charge in [0.1, 0.15) is 11.6 Å². The van der Waals surface area contributed by atoms with Gasteiger partial charge in [-0.1, -0.05) is 6.92 Å². The molecule has 0 bridgehead atoms. The first kappa shape index (κ1) is 13.3. The number of rotatable bonds is 6. The van der Waals surface area contributed by atoms with Crippen LogP contribution in [0.2, 0.25) is 0 Å². The van der Waals surface area contributed by atoms with Crippen LogP contribution in [0.4, 0.5) is 4.39 Å². The van der Waals surface area contributed by atoms with Gasteiger partial charge in [-0.25, -0.2) is 9.37 Å². The standard InChI is InChI=1S/C16H20FN3/c1-2-3-16-18-8-9-20(16)15-7-4-13(17)10-12(15)11-19-14-5-6-14/h4,7-10,14,19H,2-3,5-6,11H2,1H3. The second kappa shape index (κ2) is 5.75. The van der Waals surface area contributed by atoms with E-state index in [1.807, 2.05) is 18.5 Å². The van der Waals surface area contributed by atoms with Crippen molar-refractivity contribution in [3.05, 3.63) is 47.8 Å². The molecule has 20 heavy (non-hydrogen) atoms. The fourth-order valence-electron chi connectivity index (χ4n) is 2.43. The number of hydrogen-bond donors (Lipinski definition) is 1. The second-order valence-corrected chi connectivity index (χ2v) is 5.39. The van der Waals surface area contributed by atoms with E-state index in [1.165, 1.54) is 18.9 Å². The van der Waals surface area contributed by atoms with Crippen LogP contribution in [-0.4, -0.2) is 15.6 Å². The van der Waals surface area contributed by atoms with E-state index in [-0.39, 0.29) is 5.82 Å². The number of nitrogens with zero attached hydrogens (tertiary/aromatic N) is 2. The highest BCUT2D eigenvalue weighted by atomic mass is 19.1. The molecule has 4 heteroatoms. The molecule has 0 spiro atoms. The molecule has 0 aliphatic heterocycles. The van der Waals surface area contributed by atoms with Crippen LogP contribution in [-0.2, 0) is 13.0 Å². The fourth-order valence-corrected chi connectivity index (χ4v) is 2.43. The highest BCUT2D eigenvalue weighted by Gasteiger charge is 2.21. The van der Waals surface area contributed by atoms with Gasteiger partial charge in [-0.15, -0.1) is 0 Å². The van der Waals surface area contributed by atoms with E-state index >= 15 is 0 Å². The average molecular weight is 273 g/mol. The smallest absolute Gasteiger partial charge is 0.123 e. The van der Waals surface area contributed by atoms with E-state index in [1.54, 1.807) is 6.07 Å². The summed E-state index contributed by atoms with van der Waals surface area (Å²) in [6.07, 6.45) is 8.21. The van der Waals surface area contributed by atoms with Gasteiger partial charge in [0.15, 0.2) is 0 Å². The first-order valence-electron chi connectivity index (χ1n) is 7.32. The third-order valence-electron chi connectivity index (χ3n) is 3.65. The van der Waals surface area contributed by atoms with Crippen LogP contribution >= 0.6 is 0 Å². The summed E-state index contributed by atoms with van der Waals surface area (Å²) in [6, 6.07) is 5.61. The Labute approximate surface area is 118 Å². The van der Waals surface area contributed by atoms with Crippen LogP contribution in [0.1, 0.15) is 37.6 Å². The molecule has 0 amide bonds. The normalized spacial score (nSPS) is 14.7. The quantitative estimate of drug-likeness (QED) is 0.876. The van der Waals surface area contributed by atoms with Crippen molar-refractivity contribution in [1.29, 1.82) is 0 Å². The summed E-state index contributed by atoms with van der Waals surface area (Å²) in [5.41, 5.74) is 2.02. The first-order chi connectivity index (χ1) is 9.78. The molecule has 1 heterocycles. The molecule has 3 rings (SSSR count). The molecule has 1 aromatic carbocycles.